The molecule has 6 nitrogen and oxygen atoms in total. The standard InChI is InChI=1S/C20H16BrFN2O4/c1-2-9-28-17-8-7-12(11-14(17)21)10-13-18(25)23-20(27)24(19(13)26)16-6-4-3-5-15(16)22/h3-8,10-11H,2,9H2,1H3,(H,23,25,27)/b13-10-. The summed E-state index contributed by atoms with van der Waals surface area (Å²) in [4.78, 5) is 37.7. The lowest BCUT2D eigenvalue weighted by Gasteiger charge is -2.26. The van der Waals surface area contributed by atoms with E-state index in [1.54, 1.807) is 18.2 Å². The van der Waals surface area contributed by atoms with E-state index in [1.165, 1.54) is 24.3 Å². The molecule has 4 amide bonds. The van der Waals surface area contributed by atoms with Gasteiger partial charge in [-0.3, -0.25) is 14.9 Å². The van der Waals surface area contributed by atoms with Gasteiger partial charge in [-0.2, -0.15) is 0 Å². The van der Waals surface area contributed by atoms with Gasteiger partial charge in [-0.1, -0.05) is 25.1 Å². The number of halogens is 2. The number of benzene rings is 2. The smallest absolute Gasteiger partial charge is 0.336 e. The van der Waals surface area contributed by atoms with E-state index in [1.807, 2.05) is 6.92 Å². The molecule has 2 aromatic rings. The monoisotopic (exact) mass is 446 g/mol. The molecule has 0 spiro atoms. The molecule has 8 heteroatoms. The van der Waals surface area contributed by atoms with E-state index in [-0.39, 0.29) is 11.3 Å². The van der Waals surface area contributed by atoms with Gasteiger partial charge in [0.05, 0.1) is 16.8 Å². The Labute approximate surface area is 169 Å². The number of barbiturate groups is 1. The topological polar surface area (TPSA) is 75.7 Å². The van der Waals surface area contributed by atoms with E-state index in [0.29, 0.717) is 27.3 Å². The van der Waals surface area contributed by atoms with E-state index >= 15 is 0 Å². The zero-order chi connectivity index (χ0) is 20.3. The number of urea groups is 1. The molecule has 1 aliphatic rings. The molecule has 0 bridgehead atoms. The Bertz CT molecular complexity index is 990. The van der Waals surface area contributed by atoms with Crippen LogP contribution in [0.25, 0.3) is 6.08 Å². The molecule has 28 heavy (non-hydrogen) atoms. The average Bonchev–Trinajstić information content (AvgIpc) is 2.66. The maximum atomic E-state index is 14.1. The number of rotatable bonds is 5. The first-order valence-electron chi connectivity index (χ1n) is 8.50. The number of imide groups is 2. The molecule has 0 aliphatic carbocycles. The van der Waals surface area contributed by atoms with E-state index in [4.69, 9.17) is 4.74 Å². The Morgan fingerprint density at radius 2 is 1.93 bits per heavy atom. The van der Waals surface area contributed by atoms with Gasteiger partial charge in [0.2, 0.25) is 0 Å². The van der Waals surface area contributed by atoms with E-state index < -0.39 is 23.7 Å². The van der Waals surface area contributed by atoms with Crippen LogP contribution in [-0.4, -0.2) is 24.5 Å². The van der Waals surface area contributed by atoms with Crippen LogP contribution in [0, 0.1) is 5.82 Å². The molecule has 0 atom stereocenters. The van der Waals surface area contributed by atoms with Crippen molar-refractivity contribution in [1.29, 1.82) is 0 Å². The summed E-state index contributed by atoms with van der Waals surface area (Å²) in [6, 6.07) is 9.41. The Morgan fingerprint density at radius 3 is 2.61 bits per heavy atom. The highest BCUT2D eigenvalue weighted by molar-refractivity contribution is 9.10. The van der Waals surface area contributed by atoms with Gasteiger partial charge in [-0.05, 0) is 58.3 Å². The Morgan fingerprint density at radius 1 is 1.18 bits per heavy atom. The number of carbonyl (C=O) groups is 3. The molecule has 0 saturated carbocycles. The van der Waals surface area contributed by atoms with Gasteiger partial charge >= 0.3 is 6.03 Å². The molecule has 3 rings (SSSR count). The van der Waals surface area contributed by atoms with Crippen LogP contribution in [0.15, 0.2) is 52.5 Å². The maximum Gasteiger partial charge on any atom is 0.336 e. The van der Waals surface area contributed by atoms with Gasteiger partial charge < -0.3 is 4.74 Å². The molecule has 144 valence electrons. The van der Waals surface area contributed by atoms with Gasteiger partial charge in [0.25, 0.3) is 11.8 Å². The number of carbonyl (C=O) groups excluding carboxylic acids is 3. The summed E-state index contributed by atoms with van der Waals surface area (Å²) >= 11 is 3.39. The van der Waals surface area contributed by atoms with Gasteiger partial charge in [0.15, 0.2) is 0 Å². The average molecular weight is 447 g/mol. The van der Waals surface area contributed by atoms with Crippen LogP contribution in [0.3, 0.4) is 0 Å². The van der Waals surface area contributed by atoms with Crippen molar-refractivity contribution in [2.24, 2.45) is 0 Å². The van der Waals surface area contributed by atoms with Crippen molar-refractivity contribution in [3.63, 3.8) is 0 Å². The molecule has 1 heterocycles. The van der Waals surface area contributed by atoms with Crippen LogP contribution in [0.1, 0.15) is 18.9 Å². The first-order valence-corrected chi connectivity index (χ1v) is 9.30. The van der Waals surface area contributed by atoms with Crippen LogP contribution < -0.4 is 15.0 Å². The first kappa shape index (κ1) is 19.8. The Hall–Kier alpha value is -3.00. The van der Waals surface area contributed by atoms with Crippen molar-refractivity contribution in [3.05, 3.63) is 63.9 Å². The van der Waals surface area contributed by atoms with E-state index in [2.05, 4.69) is 21.2 Å². The lowest BCUT2D eigenvalue weighted by atomic mass is 10.1. The third kappa shape index (κ3) is 3.96. The number of hydrogen-bond acceptors (Lipinski definition) is 4. The number of nitrogens with zero attached hydrogens (tertiary/aromatic N) is 1. The van der Waals surface area contributed by atoms with Crippen LogP contribution >= 0.6 is 15.9 Å². The molecule has 1 N–H and O–H groups in total. The Kier molecular flexibility index (Phi) is 5.89. The zero-order valence-electron chi connectivity index (χ0n) is 14.9. The minimum absolute atomic E-state index is 0.229. The minimum atomic E-state index is -0.998. The van der Waals surface area contributed by atoms with Gasteiger partial charge in [-0.25, -0.2) is 14.1 Å². The van der Waals surface area contributed by atoms with Crippen LogP contribution in [-0.2, 0) is 9.59 Å². The number of hydrogen-bond donors (Lipinski definition) is 1. The fourth-order valence-corrected chi connectivity index (χ4v) is 3.12. The highest BCUT2D eigenvalue weighted by Gasteiger charge is 2.37. The summed E-state index contributed by atoms with van der Waals surface area (Å²) in [5, 5.41) is 2.07. The highest BCUT2D eigenvalue weighted by Crippen LogP contribution is 2.28. The van der Waals surface area contributed by atoms with Gasteiger partial charge in [0, 0.05) is 0 Å². The van der Waals surface area contributed by atoms with Crippen LogP contribution in [0.5, 0.6) is 5.75 Å². The predicted molar refractivity (Wildman–Crippen MR) is 105 cm³/mol. The SMILES string of the molecule is CCCOc1ccc(/C=C2/C(=O)NC(=O)N(c3ccccc3F)C2=O)cc1Br. The molecular formula is C20H16BrFN2O4. The second-order valence-electron chi connectivity index (χ2n) is 5.95. The summed E-state index contributed by atoms with van der Waals surface area (Å²) in [6.45, 7) is 2.54. The van der Waals surface area contributed by atoms with Crippen molar-refractivity contribution < 1.29 is 23.5 Å². The summed E-state index contributed by atoms with van der Waals surface area (Å²) < 4.78 is 20.3. The molecule has 1 saturated heterocycles. The first-order chi connectivity index (χ1) is 13.4. The van der Waals surface area contributed by atoms with Crippen molar-refractivity contribution in [1.82, 2.24) is 5.32 Å². The Balaban J connectivity index is 1.95. The lowest BCUT2D eigenvalue weighted by Crippen LogP contribution is -2.54. The summed E-state index contributed by atoms with van der Waals surface area (Å²) in [5.41, 5.74) is 0.0296. The molecule has 1 fully saturated rings. The molecular weight excluding hydrogens is 431 g/mol. The van der Waals surface area contributed by atoms with Crippen molar-refractivity contribution in [2.75, 3.05) is 11.5 Å². The van der Waals surface area contributed by atoms with Crippen molar-refractivity contribution in [3.8, 4) is 5.75 Å². The lowest BCUT2D eigenvalue weighted by molar-refractivity contribution is -0.122. The number of ether oxygens (including phenoxy) is 1. The largest absolute Gasteiger partial charge is 0.492 e. The van der Waals surface area contributed by atoms with Gasteiger partial charge in [0.1, 0.15) is 17.1 Å². The molecule has 0 unspecified atom stereocenters. The number of amides is 4. The summed E-state index contributed by atoms with van der Waals surface area (Å²) in [7, 11) is 0. The maximum absolute atomic E-state index is 14.1. The number of para-hydroxylation sites is 1. The van der Waals surface area contributed by atoms with Crippen molar-refractivity contribution >= 4 is 45.5 Å². The van der Waals surface area contributed by atoms with Crippen LogP contribution in [0.2, 0.25) is 0 Å². The van der Waals surface area contributed by atoms with E-state index in [0.717, 1.165) is 12.5 Å². The van der Waals surface area contributed by atoms with E-state index in [9.17, 15) is 18.8 Å². The second kappa shape index (κ2) is 8.35. The van der Waals surface area contributed by atoms with Crippen LogP contribution in [0.4, 0.5) is 14.9 Å². The minimum Gasteiger partial charge on any atom is -0.492 e. The quantitative estimate of drug-likeness (QED) is 0.555. The molecule has 2 aromatic carbocycles. The molecule has 0 aromatic heterocycles. The predicted octanol–water partition coefficient (Wildman–Crippen LogP) is 4.04. The van der Waals surface area contributed by atoms with Crippen molar-refractivity contribution in [2.45, 2.75) is 13.3 Å². The third-order valence-corrected chi connectivity index (χ3v) is 4.54. The third-order valence-electron chi connectivity index (χ3n) is 3.92. The fourth-order valence-electron chi connectivity index (χ4n) is 2.61. The zero-order valence-corrected chi connectivity index (χ0v) is 16.5. The molecule has 0 radical (unpaired) electrons. The number of anilines is 1. The molecule has 1 aliphatic heterocycles. The highest BCUT2D eigenvalue weighted by atomic mass is 79.9. The summed E-state index contributed by atoms with van der Waals surface area (Å²) in [5.74, 6) is -1.86. The number of nitrogens with one attached hydrogen (secondary N) is 1. The fraction of sp³-hybridized carbons (Fsp3) is 0.150. The second-order valence-corrected chi connectivity index (χ2v) is 6.80. The summed E-state index contributed by atoms with van der Waals surface area (Å²) in [6.07, 6.45) is 2.19. The van der Waals surface area contributed by atoms with Gasteiger partial charge in [-0.15, -0.1) is 0 Å². The normalized spacial score (nSPS) is 15.8.